The Kier molecular flexibility index (Phi) is 6.32. The van der Waals surface area contributed by atoms with Gasteiger partial charge in [0.1, 0.15) is 0 Å². The monoisotopic (exact) mass is 388 g/mol. The van der Waals surface area contributed by atoms with E-state index in [-0.39, 0.29) is 11.5 Å². The third-order valence-electron chi connectivity index (χ3n) is 4.09. The van der Waals surface area contributed by atoms with Crippen molar-refractivity contribution >= 4 is 23.2 Å². The molecule has 3 rings (SSSR count). The molecule has 0 unspecified atom stereocenters. The van der Waals surface area contributed by atoms with Gasteiger partial charge in [0.2, 0.25) is 0 Å². The second-order valence-electron chi connectivity index (χ2n) is 6.17. The number of nitrogens with one attached hydrogen (secondary N) is 2. The summed E-state index contributed by atoms with van der Waals surface area (Å²) in [5, 5.41) is 8.11. The van der Waals surface area contributed by atoms with E-state index in [0.29, 0.717) is 11.4 Å². The number of furan rings is 1. The Labute approximate surface area is 168 Å². The van der Waals surface area contributed by atoms with Crippen molar-refractivity contribution in [2.45, 2.75) is 13.8 Å². The van der Waals surface area contributed by atoms with Crippen LogP contribution in [0.2, 0.25) is 0 Å². The van der Waals surface area contributed by atoms with Crippen LogP contribution in [0.3, 0.4) is 0 Å². The molecule has 0 aliphatic rings. The van der Waals surface area contributed by atoms with E-state index in [1.165, 1.54) is 12.1 Å². The lowest BCUT2D eigenvalue weighted by molar-refractivity contribution is 0.0902. The number of rotatable bonds is 6. The van der Waals surface area contributed by atoms with Gasteiger partial charge in [0.15, 0.2) is 11.5 Å². The molecule has 2 aromatic carbocycles. The minimum absolute atomic E-state index is 0.0245. The minimum atomic E-state index is -0.553. The lowest BCUT2D eigenvalue weighted by Gasteiger charge is -2.02. The quantitative estimate of drug-likeness (QED) is 0.499. The fourth-order valence-electron chi connectivity index (χ4n) is 2.45. The van der Waals surface area contributed by atoms with E-state index in [1.54, 1.807) is 13.8 Å². The maximum absolute atomic E-state index is 12.2. The van der Waals surface area contributed by atoms with E-state index < -0.39 is 11.8 Å². The summed E-state index contributed by atoms with van der Waals surface area (Å²) in [6, 6.07) is 21.7. The molecule has 7 heteroatoms. The molecule has 0 aliphatic carbocycles. The molecule has 2 amide bonds. The number of nitrogens with zero attached hydrogens (tertiary/aromatic N) is 2. The number of hydrogen-bond donors (Lipinski definition) is 2. The van der Waals surface area contributed by atoms with Gasteiger partial charge in [0.05, 0.1) is 11.4 Å². The summed E-state index contributed by atoms with van der Waals surface area (Å²) >= 11 is 0. The summed E-state index contributed by atoms with van der Waals surface area (Å²) in [4.78, 5) is 24.4. The molecule has 0 saturated heterocycles. The first-order chi connectivity index (χ1) is 14.0. The Morgan fingerprint density at radius 1 is 0.655 bits per heavy atom. The summed E-state index contributed by atoms with van der Waals surface area (Å²) in [5.41, 5.74) is 7.91. The fourth-order valence-corrected chi connectivity index (χ4v) is 2.45. The van der Waals surface area contributed by atoms with Gasteiger partial charge in [-0.25, -0.2) is 10.9 Å². The molecule has 0 bridgehead atoms. The van der Waals surface area contributed by atoms with Crippen LogP contribution in [-0.2, 0) is 0 Å². The summed E-state index contributed by atoms with van der Waals surface area (Å²) in [7, 11) is 0. The highest BCUT2D eigenvalue weighted by atomic mass is 16.4. The molecule has 2 N–H and O–H groups in total. The van der Waals surface area contributed by atoms with Crippen molar-refractivity contribution < 1.29 is 14.0 Å². The van der Waals surface area contributed by atoms with E-state index in [1.807, 2.05) is 60.7 Å². The fraction of sp³-hybridized carbons (Fsp3) is 0.0909. The lowest BCUT2D eigenvalue weighted by Crippen LogP contribution is -2.20. The SMILES string of the molecule is CC(=NNC(=O)c1ccc(C(=O)NN=C(C)c2ccccc2)o1)c1ccccc1. The van der Waals surface area contributed by atoms with Crippen LogP contribution in [-0.4, -0.2) is 23.2 Å². The highest BCUT2D eigenvalue weighted by Gasteiger charge is 2.15. The van der Waals surface area contributed by atoms with Crippen LogP contribution < -0.4 is 10.9 Å². The van der Waals surface area contributed by atoms with Gasteiger partial charge in [-0.05, 0) is 37.1 Å². The molecule has 0 saturated carbocycles. The first kappa shape index (κ1) is 19.8. The van der Waals surface area contributed by atoms with Crippen molar-refractivity contribution in [3.05, 3.63) is 95.4 Å². The molecule has 1 heterocycles. The number of amides is 2. The Bertz CT molecular complexity index is 970. The highest BCUT2D eigenvalue weighted by molar-refractivity contribution is 6.01. The van der Waals surface area contributed by atoms with Crippen molar-refractivity contribution in [3.63, 3.8) is 0 Å². The van der Waals surface area contributed by atoms with Gasteiger partial charge in [0, 0.05) is 0 Å². The van der Waals surface area contributed by atoms with Crippen LogP contribution in [0.25, 0.3) is 0 Å². The second-order valence-corrected chi connectivity index (χ2v) is 6.17. The zero-order valence-corrected chi connectivity index (χ0v) is 16.0. The van der Waals surface area contributed by atoms with E-state index in [2.05, 4.69) is 21.1 Å². The molecule has 1 aromatic heterocycles. The molecule has 0 spiro atoms. The number of carbonyl (C=O) groups is 2. The molecular weight excluding hydrogens is 368 g/mol. The first-order valence-corrected chi connectivity index (χ1v) is 8.94. The zero-order valence-electron chi connectivity index (χ0n) is 16.0. The molecule has 29 heavy (non-hydrogen) atoms. The van der Waals surface area contributed by atoms with Gasteiger partial charge in [-0.1, -0.05) is 60.7 Å². The predicted molar refractivity (Wildman–Crippen MR) is 111 cm³/mol. The van der Waals surface area contributed by atoms with Crippen molar-refractivity contribution in [2.24, 2.45) is 10.2 Å². The summed E-state index contributed by atoms with van der Waals surface area (Å²) in [6.07, 6.45) is 0. The minimum Gasteiger partial charge on any atom is -0.446 e. The van der Waals surface area contributed by atoms with Crippen LogP contribution in [0.5, 0.6) is 0 Å². The van der Waals surface area contributed by atoms with E-state index >= 15 is 0 Å². The maximum atomic E-state index is 12.2. The first-order valence-electron chi connectivity index (χ1n) is 8.94. The lowest BCUT2D eigenvalue weighted by atomic mass is 10.1. The van der Waals surface area contributed by atoms with E-state index in [4.69, 9.17) is 4.42 Å². The number of carbonyl (C=O) groups excluding carboxylic acids is 2. The molecule has 146 valence electrons. The van der Waals surface area contributed by atoms with Crippen LogP contribution in [0.1, 0.15) is 46.1 Å². The van der Waals surface area contributed by atoms with Gasteiger partial charge in [-0.2, -0.15) is 10.2 Å². The Balaban J connectivity index is 1.61. The van der Waals surface area contributed by atoms with Crippen LogP contribution in [0, 0.1) is 0 Å². The smallest absolute Gasteiger partial charge is 0.307 e. The third kappa shape index (κ3) is 5.26. The predicted octanol–water partition coefficient (Wildman–Crippen LogP) is 3.59. The van der Waals surface area contributed by atoms with Crippen molar-refractivity contribution in [2.75, 3.05) is 0 Å². The van der Waals surface area contributed by atoms with Crippen LogP contribution in [0.15, 0.2) is 87.4 Å². The van der Waals surface area contributed by atoms with Gasteiger partial charge in [-0.15, -0.1) is 0 Å². The number of benzene rings is 2. The van der Waals surface area contributed by atoms with Gasteiger partial charge in [-0.3, -0.25) is 9.59 Å². The van der Waals surface area contributed by atoms with Crippen molar-refractivity contribution in [1.29, 1.82) is 0 Å². The molecule has 7 nitrogen and oxygen atoms in total. The highest BCUT2D eigenvalue weighted by Crippen LogP contribution is 2.09. The molecule has 0 radical (unpaired) electrons. The van der Waals surface area contributed by atoms with Gasteiger partial charge >= 0.3 is 11.8 Å². The van der Waals surface area contributed by atoms with E-state index in [9.17, 15) is 9.59 Å². The standard InChI is InChI=1S/C22H20N4O3/c1-15(17-9-5-3-6-10-17)23-25-21(27)19-13-14-20(29-19)22(28)26-24-16(2)18-11-7-4-8-12-18/h3-14H,1-2H3,(H,25,27)(H,26,28). The Morgan fingerprint density at radius 2 is 1.03 bits per heavy atom. The molecule has 3 aromatic rings. The summed E-state index contributed by atoms with van der Waals surface area (Å²) < 4.78 is 5.32. The zero-order chi connectivity index (χ0) is 20.6. The molecule has 0 aliphatic heterocycles. The second kappa shape index (κ2) is 9.27. The van der Waals surface area contributed by atoms with Crippen molar-refractivity contribution in [1.82, 2.24) is 10.9 Å². The maximum Gasteiger partial charge on any atom is 0.307 e. The Hall–Kier alpha value is -4.00. The molecular formula is C22H20N4O3. The largest absolute Gasteiger partial charge is 0.446 e. The average molecular weight is 388 g/mol. The summed E-state index contributed by atoms with van der Waals surface area (Å²) in [6.45, 7) is 3.56. The Morgan fingerprint density at radius 3 is 1.41 bits per heavy atom. The van der Waals surface area contributed by atoms with Gasteiger partial charge < -0.3 is 4.42 Å². The normalized spacial score (nSPS) is 11.8. The third-order valence-corrected chi connectivity index (χ3v) is 4.09. The topological polar surface area (TPSA) is 96.1 Å². The summed E-state index contributed by atoms with van der Waals surface area (Å²) in [5.74, 6) is -1.15. The molecule has 0 fully saturated rings. The van der Waals surface area contributed by atoms with Gasteiger partial charge in [0.25, 0.3) is 0 Å². The van der Waals surface area contributed by atoms with Crippen molar-refractivity contribution in [3.8, 4) is 0 Å². The number of hydrazone groups is 2. The van der Waals surface area contributed by atoms with Crippen LogP contribution >= 0.6 is 0 Å². The average Bonchev–Trinajstić information content (AvgIpc) is 3.27. The van der Waals surface area contributed by atoms with E-state index in [0.717, 1.165) is 11.1 Å². The number of hydrogen-bond acceptors (Lipinski definition) is 5. The molecule has 0 atom stereocenters. The van der Waals surface area contributed by atoms with Crippen LogP contribution in [0.4, 0.5) is 0 Å².